The van der Waals surface area contributed by atoms with E-state index in [9.17, 15) is 0 Å². The molecule has 0 bridgehead atoms. The molecule has 0 aliphatic rings. The van der Waals surface area contributed by atoms with Crippen molar-refractivity contribution in [2.24, 2.45) is 5.73 Å². The number of rotatable bonds is 4. The van der Waals surface area contributed by atoms with Gasteiger partial charge in [0.1, 0.15) is 0 Å². The smallest absolute Gasteiger partial charge is 0.0400 e. The third-order valence-electron chi connectivity index (χ3n) is 2.45. The Labute approximate surface area is 86.5 Å². The summed E-state index contributed by atoms with van der Waals surface area (Å²) in [6, 6.07) is 4.48. The van der Waals surface area contributed by atoms with E-state index < -0.39 is 0 Å². The lowest BCUT2D eigenvalue weighted by molar-refractivity contribution is 1.02. The van der Waals surface area contributed by atoms with Crippen LogP contribution in [-0.4, -0.2) is 13.1 Å². The molecule has 0 aliphatic carbocycles. The van der Waals surface area contributed by atoms with Crippen molar-refractivity contribution in [2.75, 3.05) is 18.4 Å². The number of aryl methyl sites for hydroxylation is 3. The van der Waals surface area contributed by atoms with Gasteiger partial charge in [-0.25, -0.2) is 0 Å². The normalized spacial score (nSPS) is 10.3. The maximum atomic E-state index is 5.47. The second kappa shape index (κ2) is 5.01. The van der Waals surface area contributed by atoms with Crippen LogP contribution in [0.5, 0.6) is 0 Å². The standard InChI is InChI=1S/C12H20N2/c1-4-11-7-9(2)12(10(3)8-11)14-6-5-13/h7-8,14H,4-6,13H2,1-3H3. The van der Waals surface area contributed by atoms with Crippen molar-refractivity contribution in [3.05, 3.63) is 28.8 Å². The molecular formula is C12H20N2. The Bertz CT molecular complexity index is 282. The quantitative estimate of drug-likeness (QED) is 0.767. The van der Waals surface area contributed by atoms with Crippen molar-refractivity contribution >= 4 is 5.69 Å². The van der Waals surface area contributed by atoms with Gasteiger partial charge in [0.25, 0.3) is 0 Å². The minimum atomic E-state index is 0.675. The van der Waals surface area contributed by atoms with Gasteiger partial charge in [-0.15, -0.1) is 0 Å². The Balaban J connectivity index is 2.93. The Kier molecular flexibility index (Phi) is 3.96. The van der Waals surface area contributed by atoms with E-state index in [4.69, 9.17) is 5.73 Å². The summed E-state index contributed by atoms with van der Waals surface area (Å²) < 4.78 is 0. The van der Waals surface area contributed by atoms with Crippen LogP contribution in [-0.2, 0) is 6.42 Å². The Morgan fingerprint density at radius 2 is 1.79 bits per heavy atom. The fraction of sp³-hybridized carbons (Fsp3) is 0.500. The molecule has 0 unspecified atom stereocenters. The van der Waals surface area contributed by atoms with Gasteiger partial charge in [-0.3, -0.25) is 0 Å². The van der Waals surface area contributed by atoms with Crippen LogP contribution in [0.3, 0.4) is 0 Å². The molecule has 3 N–H and O–H groups in total. The van der Waals surface area contributed by atoms with Gasteiger partial charge in [0.2, 0.25) is 0 Å². The fourth-order valence-electron chi connectivity index (χ4n) is 1.73. The lowest BCUT2D eigenvalue weighted by atomic mass is 10.0. The highest BCUT2D eigenvalue weighted by molar-refractivity contribution is 5.58. The molecule has 14 heavy (non-hydrogen) atoms. The molecule has 0 aliphatic heterocycles. The molecule has 0 saturated carbocycles. The summed E-state index contributed by atoms with van der Waals surface area (Å²) in [7, 11) is 0. The second-order valence-corrected chi connectivity index (χ2v) is 3.67. The van der Waals surface area contributed by atoms with Gasteiger partial charge in [-0.1, -0.05) is 19.1 Å². The zero-order valence-corrected chi connectivity index (χ0v) is 9.35. The number of anilines is 1. The molecule has 0 saturated heterocycles. The van der Waals surface area contributed by atoms with E-state index in [-0.39, 0.29) is 0 Å². The van der Waals surface area contributed by atoms with Crippen LogP contribution in [0.15, 0.2) is 12.1 Å². The van der Waals surface area contributed by atoms with Crippen LogP contribution in [0.2, 0.25) is 0 Å². The minimum absolute atomic E-state index is 0.675. The number of hydrogen-bond donors (Lipinski definition) is 2. The summed E-state index contributed by atoms with van der Waals surface area (Å²) in [4.78, 5) is 0. The largest absolute Gasteiger partial charge is 0.383 e. The topological polar surface area (TPSA) is 38.0 Å². The van der Waals surface area contributed by atoms with Crippen molar-refractivity contribution in [2.45, 2.75) is 27.2 Å². The van der Waals surface area contributed by atoms with E-state index >= 15 is 0 Å². The highest BCUT2D eigenvalue weighted by atomic mass is 14.9. The molecule has 0 aromatic heterocycles. The van der Waals surface area contributed by atoms with Crippen molar-refractivity contribution in [1.82, 2.24) is 0 Å². The van der Waals surface area contributed by atoms with Crippen molar-refractivity contribution in [3.63, 3.8) is 0 Å². The second-order valence-electron chi connectivity index (χ2n) is 3.67. The maximum Gasteiger partial charge on any atom is 0.0400 e. The summed E-state index contributed by atoms with van der Waals surface area (Å²) >= 11 is 0. The van der Waals surface area contributed by atoms with Gasteiger partial charge in [0, 0.05) is 18.8 Å². The van der Waals surface area contributed by atoms with E-state index in [0.717, 1.165) is 13.0 Å². The molecule has 0 spiro atoms. The first-order chi connectivity index (χ1) is 6.69. The highest BCUT2D eigenvalue weighted by Gasteiger charge is 2.02. The molecule has 2 nitrogen and oxygen atoms in total. The third-order valence-corrected chi connectivity index (χ3v) is 2.45. The molecule has 78 valence electrons. The predicted octanol–water partition coefficient (Wildman–Crippen LogP) is 2.24. The van der Waals surface area contributed by atoms with Gasteiger partial charge in [0.15, 0.2) is 0 Å². The average molecular weight is 192 g/mol. The predicted molar refractivity (Wildman–Crippen MR) is 62.8 cm³/mol. The van der Waals surface area contributed by atoms with Crippen LogP contribution >= 0.6 is 0 Å². The number of nitrogens with two attached hydrogens (primary N) is 1. The lowest BCUT2D eigenvalue weighted by Crippen LogP contribution is -2.14. The molecule has 0 fully saturated rings. The number of hydrogen-bond acceptors (Lipinski definition) is 2. The Hall–Kier alpha value is -1.02. The first kappa shape index (κ1) is 11.1. The molecule has 0 atom stereocenters. The van der Waals surface area contributed by atoms with Crippen LogP contribution < -0.4 is 11.1 Å². The van der Waals surface area contributed by atoms with Crippen LogP contribution in [0.25, 0.3) is 0 Å². The van der Waals surface area contributed by atoms with E-state index in [0.29, 0.717) is 6.54 Å². The summed E-state index contributed by atoms with van der Waals surface area (Å²) in [6.45, 7) is 7.98. The van der Waals surface area contributed by atoms with Gasteiger partial charge >= 0.3 is 0 Å². The SMILES string of the molecule is CCc1cc(C)c(NCCN)c(C)c1. The zero-order chi connectivity index (χ0) is 10.6. The molecule has 0 heterocycles. The first-order valence-electron chi connectivity index (χ1n) is 5.23. The van der Waals surface area contributed by atoms with Crippen molar-refractivity contribution in [3.8, 4) is 0 Å². The summed E-state index contributed by atoms with van der Waals surface area (Å²) in [6.07, 6.45) is 1.10. The molecule has 1 aromatic carbocycles. The summed E-state index contributed by atoms with van der Waals surface area (Å²) in [5.74, 6) is 0. The van der Waals surface area contributed by atoms with Crippen LogP contribution in [0.1, 0.15) is 23.6 Å². The minimum Gasteiger partial charge on any atom is -0.383 e. The average Bonchev–Trinajstić information content (AvgIpc) is 2.16. The highest BCUT2D eigenvalue weighted by Crippen LogP contribution is 2.22. The Morgan fingerprint density at radius 1 is 1.21 bits per heavy atom. The maximum absolute atomic E-state index is 5.47. The summed E-state index contributed by atoms with van der Waals surface area (Å²) in [5.41, 5.74) is 10.7. The molecule has 0 amide bonds. The van der Waals surface area contributed by atoms with Gasteiger partial charge < -0.3 is 11.1 Å². The molecular weight excluding hydrogens is 172 g/mol. The first-order valence-corrected chi connectivity index (χ1v) is 5.23. The number of benzene rings is 1. The number of nitrogens with one attached hydrogen (secondary N) is 1. The zero-order valence-electron chi connectivity index (χ0n) is 9.35. The van der Waals surface area contributed by atoms with Crippen molar-refractivity contribution in [1.29, 1.82) is 0 Å². The van der Waals surface area contributed by atoms with E-state index in [1.807, 2.05) is 0 Å². The van der Waals surface area contributed by atoms with Gasteiger partial charge in [-0.2, -0.15) is 0 Å². The lowest BCUT2D eigenvalue weighted by Gasteiger charge is -2.13. The van der Waals surface area contributed by atoms with E-state index in [2.05, 4.69) is 38.2 Å². The molecule has 2 heteroatoms. The van der Waals surface area contributed by atoms with E-state index in [1.165, 1.54) is 22.4 Å². The van der Waals surface area contributed by atoms with Gasteiger partial charge in [0.05, 0.1) is 0 Å². The van der Waals surface area contributed by atoms with Crippen molar-refractivity contribution < 1.29 is 0 Å². The molecule has 0 radical (unpaired) electrons. The molecule has 1 rings (SSSR count). The Morgan fingerprint density at radius 3 is 2.21 bits per heavy atom. The molecule has 1 aromatic rings. The summed E-state index contributed by atoms with van der Waals surface area (Å²) in [5, 5.41) is 3.36. The van der Waals surface area contributed by atoms with E-state index in [1.54, 1.807) is 0 Å². The van der Waals surface area contributed by atoms with Gasteiger partial charge in [-0.05, 0) is 37.0 Å². The monoisotopic (exact) mass is 192 g/mol. The fourth-order valence-corrected chi connectivity index (χ4v) is 1.73. The third kappa shape index (κ3) is 2.48. The van der Waals surface area contributed by atoms with Crippen LogP contribution in [0.4, 0.5) is 5.69 Å². The van der Waals surface area contributed by atoms with Crippen LogP contribution in [0, 0.1) is 13.8 Å².